The van der Waals surface area contributed by atoms with E-state index in [1.807, 2.05) is 24.3 Å². The Morgan fingerprint density at radius 1 is 1.00 bits per heavy atom. The molecule has 0 bridgehead atoms. The molecule has 2 aromatic rings. The summed E-state index contributed by atoms with van der Waals surface area (Å²) in [5, 5.41) is 11.9. The second kappa shape index (κ2) is 6.73. The lowest BCUT2D eigenvalue weighted by Gasteiger charge is -2.29. The Hall–Kier alpha value is -3.59. The average Bonchev–Trinajstić information content (AvgIpc) is 2.60. The van der Waals surface area contributed by atoms with Crippen molar-refractivity contribution in [2.75, 3.05) is 5.32 Å². The average molecular weight is 348 g/mol. The van der Waals surface area contributed by atoms with E-state index in [2.05, 4.69) is 11.4 Å². The summed E-state index contributed by atoms with van der Waals surface area (Å²) in [6.45, 7) is 2.99. The third kappa shape index (κ3) is 3.73. The standard InChI is InChI=1S/C20H16N2O4/c1-20(2)25-18(23)17(19(24)26-20)12-22-16-8-6-14(7-9-16)15-5-3-4-13(10-15)11-21/h3-10,12,22H,1-2H3. The van der Waals surface area contributed by atoms with Gasteiger partial charge >= 0.3 is 11.9 Å². The molecule has 0 saturated carbocycles. The maximum Gasteiger partial charge on any atom is 0.350 e. The number of nitrogens with zero attached hydrogens (tertiary/aromatic N) is 1. The molecule has 6 nitrogen and oxygen atoms in total. The number of esters is 2. The Morgan fingerprint density at radius 2 is 1.65 bits per heavy atom. The SMILES string of the molecule is CC1(C)OC(=O)C(=CNc2ccc(-c3cccc(C#N)c3)cc2)C(=O)O1. The summed E-state index contributed by atoms with van der Waals surface area (Å²) in [6, 6.07) is 16.8. The monoisotopic (exact) mass is 348 g/mol. The van der Waals surface area contributed by atoms with Crippen LogP contribution in [0, 0.1) is 11.3 Å². The van der Waals surface area contributed by atoms with E-state index in [1.165, 1.54) is 20.0 Å². The van der Waals surface area contributed by atoms with Gasteiger partial charge in [-0.1, -0.05) is 24.3 Å². The number of benzene rings is 2. The van der Waals surface area contributed by atoms with Crippen molar-refractivity contribution in [3.8, 4) is 17.2 Å². The molecule has 130 valence electrons. The highest BCUT2D eigenvalue weighted by Crippen LogP contribution is 2.24. The van der Waals surface area contributed by atoms with Crippen LogP contribution in [0.3, 0.4) is 0 Å². The lowest BCUT2D eigenvalue weighted by Crippen LogP contribution is -2.42. The molecule has 0 unspecified atom stereocenters. The van der Waals surface area contributed by atoms with Crippen molar-refractivity contribution in [1.82, 2.24) is 0 Å². The third-order valence-electron chi connectivity index (χ3n) is 3.71. The summed E-state index contributed by atoms with van der Waals surface area (Å²) < 4.78 is 10.1. The van der Waals surface area contributed by atoms with Gasteiger partial charge in [-0.05, 0) is 35.4 Å². The van der Waals surface area contributed by atoms with Crippen molar-refractivity contribution in [2.24, 2.45) is 0 Å². The number of anilines is 1. The zero-order valence-electron chi connectivity index (χ0n) is 14.3. The van der Waals surface area contributed by atoms with E-state index in [9.17, 15) is 9.59 Å². The van der Waals surface area contributed by atoms with Gasteiger partial charge in [0.1, 0.15) is 0 Å². The summed E-state index contributed by atoms with van der Waals surface area (Å²) >= 11 is 0. The number of hydrogen-bond acceptors (Lipinski definition) is 6. The summed E-state index contributed by atoms with van der Waals surface area (Å²) in [5.74, 6) is -2.72. The Labute approximate surface area is 150 Å². The predicted octanol–water partition coefficient (Wildman–Crippen LogP) is 3.36. The number of ether oxygens (including phenoxy) is 2. The first-order valence-corrected chi connectivity index (χ1v) is 7.92. The molecule has 26 heavy (non-hydrogen) atoms. The molecule has 1 fully saturated rings. The molecular formula is C20H16N2O4. The number of nitriles is 1. The lowest BCUT2D eigenvalue weighted by atomic mass is 10.0. The molecule has 0 radical (unpaired) electrons. The van der Waals surface area contributed by atoms with Crippen LogP contribution in [0.15, 0.2) is 60.3 Å². The highest BCUT2D eigenvalue weighted by molar-refractivity contribution is 6.15. The van der Waals surface area contributed by atoms with Gasteiger partial charge in [0.15, 0.2) is 5.57 Å². The molecule has 0 amide bonds. The molecule has 1 saturated heterocycles. The van der Waals surface area contributed by atoms with Crippen LogP contribution in [0.25, 0.3) is 11.1 Å². The van der Waals surface area contributed by atoms with Gasteiger partial charge in [0.05, 0.1) is 11.6 Å². The fourth-order valence-electron chi connectivity index (χ4n) is 2.46. The van der Waals surface area contributed by atoms with Crippen LogP contribution < -0.4 is 5.32 Å². The minimum atomic E-state index is -1.26. The predicted molar refractivity (Wildman–Crippen MR) is 94.6 cm³/mol. The molecule has 1 aliphatic heterocycles. The molecule has 1 N–H and O–H groups in total. The van der Waals surface area contributed by atoms with E-state index in [1.54, 1.807) is 24.3 Å². The van der Waals surface area contributed by atoms with Crippen LogP contribution in [-0.4, -0.2) is 17.7 Å². The van der Waals surface area contributed by atoms with Gasteiger partial charge in [-0.25, -0.2) is 9.59 Å². The van der Waals surface area contributed by atoms with Gasteiger partial charge in [0.2, 0.25) is 0 Å². The van der Waals surface area contributed by atoms with Gasteiger partial charge in [0.25, 0.3) is 5.79 Å². The van der Waals surface area contributed by atoms with E-state index < -0.39 is 17.7 Å². The summed E-state index contributed by atoms with van der Waals surface area (Å²) in [5.41, 5.74) is 2.94. The van der Waals surface area contributed by atoms with Crippen LogP contribution >= 0.6 is 0 Å². The molecular weight excluding hydrogens is 332 g/mol. The van der Waals surface area contributed by atoms with Crippen LogP contribution in [-0.2, 0) is 19.1 Å². The number of cyclic esters (lactones) is 2. The van der Waals surface area contributed by atoms with Crippen molar-refractivity contribution >= 4 is 17.6 Å². The quantitative estimate of drug-likeness (QED) is 0.520. The van der Waals surface area contributed by atoms with Gasteiger partial charge in [-0.15, -0.1) is 0 Å². The molecule has 1 aliphatic rings. The van der Waals surface area contributed by atoms with Crippen molar-refractivity contribution < 1.29 is 19.1 Å². The van der Waals surface area contributed by atoms with Gasteiger partial charge in [0, 0.05) is 25.7 Å². The van der Waals surface area contributed by atoms with Crippen LogP contribution in [0.2, 0.25) is 0 Å². The van der Waals surface area contributed by atoms with Gasteiger partial charge in [-0.2, -0.15) is 5.26 Å². The van der Waals surface area contributed by atoms with E-state index in [-0.39, 0.29) is 5.57 Å². The Morgan fingerprint density at radius 3 is 2.27 bits per heavy atom. The molecule has 0 atom stereocenters. The van der Waals surface area contributed by atoms with Gasteiger partial charge in [-0.3, -0.25) is 0 Å². The van der Waals surface area contributed by atoms with Crippen molar-refractivity contribution in [1.29, 1.82) is 5.26 Å². The largest absolute Gasteiger partial charge is 0.419 e. The van der Waals surface area contributed by atoms with E-state index in [0.29, 0.717) is 11.3 Å². The van der Waals surface area contributed by atoms with E-state index >= 15 is 0 Å². The van der Waals surface area contributed by atoms with Crippen LogP contribution in [0.1, 0.15) is 19.4 Å². The summed E-state index contributed by atoms with van der Waals surface area (Å²) in [7, 11) is 0. The van der Waals surface area contributed by atoms with E-state index in [4.69, 9.17) is 14.7 Å². The molecule has 0 aliphatic carbocycles. The second-order valence-electron chi connectivity index (χ2n) is 6.15. The molecule has 0 aromatic heterocycles. The first kappa shape index (κ1) is 17.2. The summed E-state index contributed by atoms with van der Waals surface area (Å²) in [6.07, 6.45) is 1.27. The number of carbonyl (C=O) groups excluding carboxylic acids is 2. The topological polar surface area (TPSA) is 88.4 Å². The molecule has 1 heterocycles. The highest BCUT2D eigenvalue weighted by Gasteiger charge is 2.38. The maximum atomic E-state index is 11.9. The Kier molecular flexibility index (Phi) is 4.46. The number of carbonyl (C=O) groups is 2. The molecule has 6 heteroatoms. The Bertz CT molecular complexity index is 915. The lowest BCUT2D eigenvalue weighted by molar-refractivity contribution is -0.222. The highest BCUT2D eigenvalue weighted by atomic mass is 16.7. The fraction of sp³-hybridized carbons (Fsp3) is 0.150. The normalized spacial score (nSPS) is 15.5. The summed E-state index contributed by atoms with van der Waals surface area (Å²) in [4.78, 5) is 23.8. The smallest absolute Gasteiger partial charge is 0.350 e. The van der Waals surface area contributed by atoms with Crippen LogP contribution in [0.4, 0.5) is 5.69 Å². The number of nitrogens with one attached hydrogen (secondary N) is 1. The fourth-order valence-corrected chi connectivity index (χ4v) is 2.46. The molecule has 0 spiro atoms. The maximum absolute atomic E-state index is 11.9. The first-order valence-electron chi connectivity index (χ1n) is 7.92. The molecule has 3 rings (SSSR count). The van der Waals surface area contributed by atoms with Gasteiger partial charge < -0.3 is 14.8 Å². The minimum absolute atomic E-state index is 0.199. The zero-order valence-corrected chi connectivity index (χ0v) is 14.3. The number of hydrogen-bond donors (Lipinski definition) is 1. The minimum Gasteiger partial charge on any atom is -0.419 e. The molecule has 2 aromatic carbocycles. The third-order valence-corrected chi connectivity index (χ3v) is 3.71. The van der Waals surface area contributed by atoms with E-state index in [0.717, 1.165) is 11.1 Å². The van der Waals surface area contributed by atoms with Crippen LogP contribution in [0.5, 0.6) is 0 Å². The van der Waals surface area contributed by atoms with Crippen molar-refractivity contribution in [2.45, 2.75) is 19.6 Å². The second-order valence-corrected chi connectivity index (χ2v) is 6.15. The number of rotatable bonds is 3. The first-order chi connectivity index (χ1) is 12.4. The zero-order chi connectivity index (χ0) is 18.7. The van der Waals surface area contributed by atoms with Crippen molar-refractivity contribution in [3.63, 3.8) is 0 Å². The van der Waals surface area contributed by atoms with Crippen molar-refractivity contribution in [3.05, 3.63) is 65.9 Å². The Balaban J connectivity index is 1.75.